The summed E-state index contributed by atoms with van der Waals surface area (Å²) >= 11 is 0. The van der Waals surface area contributed by atoms with Gasteiger partial charge in [-0.25, -0.2) is 0 Å². The standard InChI is InChI=1S/C13H18N2O2/c1-10(15-13(2,8-16)9-17)12-5-3-4-11(6-12)7-14/h3-6,10,15-17H,8-9H2,1-2H3. The Morgan fingerprint density at radius 2 is 2.06 bits per heavy atom. The molecule has 0 fully saturated rings. The van der Waals surface area contributed by atoms with Gasteiger partial charge in [-0.2, -0.15) is 5.26 Å². The van der Waals surface area contributed by atoms with Crippen molar-refractivity contribution in [2.45, 2.75) is 25.4 Å². The molecule has 3 N–H and O–H groups in total. The quantitative estimate of drug-likeness (QED) is 0.709. The van der Waals surface area contributed by atoms with E-state index in [-0.39, 0.29) is 19.3 Å². The van der Waals surface area contributed by atoms with E-state index in [1.807, 2.05) is 19.1 Å². The number of hydrogen-bond donors (Lipinski definition) is 3. The van der Waals surface area contributed by atoms with Crippen LogP contribution in [0.3, 0.4) is 0 Å². The van der Waals surface area contributed by atoms with Crippen molar-refractivity contribution >= 4 is 0 Å². The molecule has 0 saturated carbocycles. The van der Waals surface area contributed by atoms with Gasteiger partial charge in [0.15, 0.2) is 0 Å². The maximum Gasteiger partial charge on any atom is 0.0991 e. The van der Waals surface area contributed by atoms with Crippen LogP contribution < -0.4 is 5.32 Å². The van der Waals surface area contributed by atoms with Crippen molar-refractivity contribution in [1.82, 2.24) is 5.32 Å². The van der Waals surface area contributed by atoms with Gasteiger partial charge in [-0.05, 0) is 31.5 Å². The lowest BCUT2D eigenvalue weighted by Crippen LogP contribution is -2.49. The van der Waals surface area contributed by atoms with Gasteiger partial charge in [0.25, 0.3) is 0 Å². The van der Waals surface area contributed by atoms with Crippen LogP contribution in [0.2, 0.25) is 0 Å². The summed E-state index contributed by atoms with van der Waals surface area (Å²) in [5, 5.41) is 30.4. The third-order valence-corrected chi connectivity index (χ3v) is 2.78. The highest BCUT2D eigenvalue weighted by molar-refractivity contribution is 5.34. The van der Waals surface area contributed by atoms with Crippen LogP contribution in [0.25, 0.3) is 0 Å². The Morgan fingerprint density at radius 3 is 2.59 bits per heavy atom. The number of aliphatic hydroxyl groups excluding tert-OH is 2. The summed E-state index contributed by atoms with van der Waals surface area (Å²) in [7, 11) is 0. The lowest BCUT2D eigenvalue weighted by Gasteiger charge is -2.30. The van der Waals surface area contributed by atoms with E-state index in [9.17, 15) is 10.2 Å². The molecule has 0 heterocycles. The Labute approximate surface area is 102 Å². The Morgan fingerprint density at radius 1 is 1.41 bits per heavy atom. The summed E-state index contributed by atoms with van der Waals surface area (Å²) in [6.45, 7) is 3.38. The van der Waals surface area contributed by atoms with Gasteiger partial charge in [0.05, 0.1) is 30.4 Å². The van der Waals surface area contributed by atoms with Gasteiger partial charge in [0.2, 0.25) is 0 Å². The third-order valence-electron chi connectivity index (χ3n) is 2.78. The van der Waals surface area contributed by atoms with Crippen LogP contribution in [-0.2, 0) is 0 Å². The van der Waals surface area contributed by atoms with Gasteiger partial charge in [-0.3, -0.25) is 0 Å². The van der Waals surface area contributed by atoms with E-state index in [4.69, 9.17) is 5.26 Å². The smallest absolute Gasteiger partial charge is 0.0991 e. The summed E-state index contributed by atoms with van der Waals surface area (Å²) in [5.41, 5.74) is 0.838. The van der Waals surface area contributed by atoms with Crippen molar-refractivity contribution in [3.63, 3.8) is 0 Å². The summed E-state index contributed by atoms with van der Waals surface area (Å²) in [6, 6.07) is 9.31. The maximum absolute atomic E-state index is 9.21. The van der Waals surface area contributed by atoms with Crippen LogP contribution in [0, 0.1) is 11.3 Å². The number of hydrogen-bond acceptors (Lipinski definition) is 4. The minimum Gasteiger partial charge on any atom is -0.394 e. The Balaban J connectivity index is 2.83. The first-order chi connectivity index (χ1) is 8.04. The number of nitrogens with zero attached hydrogens (tertiary/aromatic N) is 1. The molecule has 4 heteroatoms. The number of nitrogens with one attached hydrogen (secondary N) is 1. The topological polar surface area (TPSA) is 76.3 Å². The minimum absolute atomic E-state index is 0.0485. The highest BCUT2D eigenvalue weighted by atomic mass is 16.3. The molecule has 0 aliphatic heterocycles. The van der Waals surface area contributed by atoms with Crippen molar-refractivity contribution in [2.75, 3.05) is 13.2 Å². The zero-order valence-corrected chi connectivity index (χ0v) is 10.1. The molecular weight excluding hydrogens is 216 g/mol. The number of rotatable bonds is 5. The predicted octanol–water partition coefficient (Wildman–Crippen LogP) is 0.952. The van der Waals surface area contributed by atoms with Crippen LogP contribution in [0.1, 0.15) is 31.0 Å². The highest BCUT2D eigenvalue weighted by Gasteiger charge is 2.24. The van der Waals surface area contributed by atoms with Crippen LogP contribution in [0.5, 0.6) is 0 Å². The van der Waals surface area contributed by atoms with Crippen molar-refractivity contribution in [1.29, 1.82) is 5.26 Å². The molecule has 0 amide bonds. The van der Waals surface area contributed by atoms with E-state index in [1.54, 1.807) is 19.1 Å². The van der Waals surface area contributed by atoms with Crippen LogP contribution in [0.15, 0.2) is 24.3 Å². The summed E-state index contributed by atoms with van der Waals surface area (Å²) in [4.78, 5) is 0. The molecule has 1 atom stereocenters. The molecule has 17 heavy (non-hydrogen) atoms. The average Bonchev–Trinajstić information content (AvgIpc) is 2.38. The number of benzene rings is 1. The lowest BCUT2D eigenvalue weighted by molar-refractivity contribution is 0.0957. The van der Waals surface area contributed by atoms with Crippen molar-refractivity contribution in [2.24, 2.45) is 0 Å². The second-order valence-electron chi connectivity index (χ2n) is 4.48. The fraction of sp³-hybridized carbons (Fsp3) is 0.462. The summed E-state index contributed by atoms with van der Waals surface area (Å²) < 4.78 is 0. The van der Waals surface area contributed by atoms with Crippen LogP contribution in [0.4, 0.5) is 0 Å². The van der Waals surface area contributed by atoms with E-state index in [1.165, 1.54) is 0 Å². The molecule has 0 aliphatic carbocycles. The fourth-order valence-electron chi connectivity index (χ4n) is 1.62. The highest BCUT2D eigenvalue weighted by Crippen LogP contribution is 2.17. The second kappa shape index (κ2) is 5.78. The van der Waals surface area contributed by atoms with E-state index < -0.39 is 5.54 Å². The number of nitriles is 1. The molecule has 92 valence electrons. The second-order valence-corrected chi connectivity index (χ2v) is 4.48. The first-order valence-corrected chi connectivity index (χ1v) is 5.54. The molecule has 1 aromatic rings. The van der Waals surface area contributed by atoms with Gasteiger partial charge in [-0.1, -0.05) is 12.1 Å². The van der Waals surface area contributed by atoms with Crippen LogP contribution in [-0.4, -0.2) is 29.0 Å². The molecule has 1 unspecified atom stereocenters. The summed E-state index contributed by atoms with van der Waals surface area (Å²) in [6.07, 6.45) is 0. The molecule has 0 bridgehead atoms. The van der Waals surface area contributed by atoms with Crippen molar-refractivity contribution in [3.8, 4) is 6.07 Å². The fourth-order valence-corrected chi connectivity index (χ4v) is 1.62. The maximum atomic E-state index is 9.21. The van der Waals surface area contributed by atoms with E-state index in [2.05, 4.69) is 11.4 Å². The number of aliphatic hydroxyl groups is 2. The monoisotopic (exact) mass is 234 g/mol. The van der Waals surface area contributed by atoms with Crippen molar-refractivity contribution < 1.29 is 10.2 Å². The molecule has 0 spiro atoms. The van der Waals surface area contributed by atoms with E-state index >= 15 is 0 Å². The molecule has 1 aromatic carbocycles. The zero-order chi connectivity index (χ0) is 12.9. The Hall–Kier alpha value is -1.41. The molecule has 0 aromatic heterocycles. The zero-order valence-electron chi connectivity index (χ0n) is 10.1. The van der Waals surface area contributed by atoms with Gasteiger partial charge in [0.1, 0.15) is 0 Å². The Bertz CT molecular complexity index is 408. The van der Waals surface area contributed by atoms with Gasteiger partial charge >= 0.3 is 0 Å². The minimum atomic E-state index is -0.720. The molecule has 4 nitrogen and oxygen atoms in total. The van der Waals surface area contributed by atoms with Gasteiger partial charge < -0.3 is 15.5 Å². The third kappa shape index (κ3) is 3.53. The van der Waals surface area contributed by atoms with Gasteiger partial charge in [0, 0.05) is 6.04 Å². The molecule has 1 rings (SSSR count). The van der Waals surface area contributed by atoms with Gasteiger partial charge in [-0.15, -0.1) is 0 Å². The molecule has 0 saturated heterocycles. The molecular formula is C13H18N2O2. The van der Waals surface area contributed by atoms with E-state index in [0.717, 1.165) is 5.56 Å². The lowest BCUT2D eigenvalue weighted by atomic mass is 9.99. The van der Waals surface area contributed by atoms with E-state index in [0.29, 0.717) is 5.56 Å². The van der Waals surface area contributed by atoms with Crippen molar-refractivity contribution in [3.05, 3.63) is 35.4 Å². The molecule has 0 aliphatic rings. The predicted molar refractivity (Wildman–Crippen MR) is 65.3 cm³/mol. The summed E-state index contributed by atoms with van der Waals surface area (Å²) in [5.74, 6) is 0. The average molecular weight is 234 g/mol. The van der Waals surface area contributed by atoms with Crippen LogP contribution >= 0.6 is 0 Å². The Kier molecular flexibility index (Phi) is 4.64. The first kappa shape index (κ1) is 13.7. The SMILES string of the molecule is CC(NC(C)(CO)CO)c1cccc(C#N)c1. The first-order valence-electron chi connectivity index (χ1n) is 5.54. The normalized spacial score (nSPS) is 13.1. The molecule has 0 radical (unpaired) electrons. The largest absolute Gasteiger partial charge is 0.394 e.